The number of para-hydroxylation sites is 1. The van der Waals surface area contributed by atoms with E-state index in [0.29, 0.717) is 11.4 Å². The van der Waals surface area contributed by atoms with E-state index in [1.807, 2.05) is 6.07 Å². The number of hydrogen-bond acceptors (Lipinski definition) is 4. The van der Waals surface area contributed by atoms with E-state index in [2.05, 4.69) is 10.4 Å². The number of primary amides is 1. The van der Waals surface area contributed by atoms with Crippen molar-refractivity contribution in [3.63, 3.8) is 0 Å². The van der Waals surface area contributed by atoms with Crippen molar-refractivity contribution in [2.45, 2.75) is 13.8 Å². The van der Waals surface area contributed by atoms with Gasteiger partial charge < -0.3 is 11.1 Å². The van der Waals surface area contributed by atoms with Crippen LogP contribution in [0.1, 0.15) is 13.8 Å². The van der Waals surface area contributed by atoms with Gasteiger partial charge in [-0.2, -0.15) is 9.78 Å². The van der Waals surface area contributed by atoms with Gasteiger partial charge in [-0.25, -0.2) is 0 Å². The van der Waals surface area contributed by atoms with Crippen LogP contribution in [0, 0.1) is 5.41 Å². The van der Waals surface area contributed by atoms with Gasteiger partial charge in [0.05, 0.1) is 23.0 Å². The minimum atomic E-state index is -0.766. The highest BCUT2D eigenvalue weighted by Gasteiger charge is 2.25. The molecule has 116 valence electrons. The zero-order valence-corrected chi connectivity index (χ0v) is 13.1. The zero-order valence-electron chi connectivity index (χ0n) is 12.3. The maximum absolute atomic E-state index is 12.3. The van der Waals surface area contributed by atoms with Gasteiger partial charge in [0.2, 0.25) is 5.91 Å². The van der Waals surface area contributed by atoms with Gasteiger partial charge in [-0.3, -0.25) is 9.59 Å². The van der Waals surface area contributed by atoms with Crippen molar-refractivity contribution in [1.29, 1.82) is 0 Å². The van der Waals surface area contributed by atoms with E-state index in [-0.39, 0.29) is 11.6 Å². The summed E-state index contributed by atoms with van der Waals surface area (Å²) in [5.74, 6) is -0.443. The SMILES string of the molecule is CC(C)(CNc1cnn(-c2ccccc2)c(=O)c1Cl)C(N)=O. The van der Waals surface area contributed by atoms with Crippen LogP contribution >= 0.6 is 11.6 Å². The number of benzene rings is 1. The monoisotopic (exact) mass is 320 g/mol. The second kappa shape index (κ2) is 6.19. The lowest BCUT2D eigenvalue weighted by Gasteiger charge is -2.21. The molecule has 0 atom stereocenters. The number of nitrogens with zero attached hydrogens (tertiary/aromatic N) is 2. The number of aromatic nitrogens is 2. The van der Waals surface area contributed by atoms with Gasteiger partial charge in [0, 0.05) is 6.54 Å². The van der Waals surface area contributed by atoms with E-state index in [4.69, 9.17) is 17.3 Å². The van der Waals surface area contributed by atoms with E-state index < -0.39 is 16.9 Å². The molecule has 6 nitrogen and oxygen atoms in total. The first-order valence-electron chi connectivity index (χ1n) is 6.70. The van der Waals surface area contributed by atoms with Crippen LogP contribution in [0.15, 0.2) is 41.3 Å². The van der Waals surface area contributed by atoms with E-state index in [9.17, 15) is 9.59 Å². The first-order chi connectivity index (χ1) is 10.3. The van der Waals surface area contributed by atoms with Crippen molar-refractivity contribution >= 4 is 23.2 Å². The molecule has 1 amide bonds. The molecule has 0 fully saturated rings. The Morgan fingerprint density at radius 1 is 1.36 bits per heavy atom. The van der Waals surface area contributed by atoms with Gasteiger partial charge in [0.15, 0.2) is 0 Å². The van der Waals surface area contributed by atoms with Crippen molar-refractivity contribution in [2.24, 2.45) is 11.1 Å². The molecule has 0 saturated heterocycles. The van der Waals surface area contributed by atoms with Crippen molar-refractivity contribution in [3.8, 4) is 5.69 Å². The molecule has 0 aliphatic heterocycles. The molecule has 1 aromatic carbocycles. The highest BCUT2D eigenvalue weighted by atomic mass is 35.5. The van der Waals surface area contributed by atoms with E-state index in [1.165, 1.54) is 10.9 Å². The smallest absolute Gasteiger partial charge is 0.292 e. The lowest BCUT2D eigenvalue weighted by Crippen LogP contribution is -2.37. The van der Waals surface area contributed by atoms with E-state index in [1.54, 1.807) is 38.1 Å². The molecule has 3 N–H and O–H groups in total. The molecule has 0 bridgehead atoms. The molecular weight excluding hydrogens is 304 g/mol. The molecule has 0 saturated carbocycles. The first kappa shape index (κ1) is 16.0. The lowest BCUT2D eigenvalue weighted by molar-refractivity contribution is -0.125. The molecular formula is C15H17ClN4O2. The average molecular weight is 321 g/mol. The Labute approximate surface area is 132 Å². The van der Waals surface area contributed by atoms with Crippen molar-refractivity contribution in [2.75, 3.05) is 11.9 Å². The van der Waals surface area contributed by atoms with Gasteiger partial charge in [-0.15, -0.1) is 0 Å². The number of carbonyl (C=O) groups excluding carboxylic acids is 1. The molecule has 2 rings (SSSR count). The second-order valence-electron chi connectivity index (χ2n) is 5.53. The van der Waals surface area contributed by atoms with Crippen molar-refractivity contribution < 1.29 is 4.79 Å². The number of halogens is 1. The first-order valence-corrected chi connectivity index (χ1v) is 7.08. The predicted octanol–water partition coefficient (Wildman–Crippen LogP) is 1.81. The number of nitrogens with one attached hydrogen (secondary N) is 1. The Bertz CT molecular complexity index is 741. The van der Waals surface area contributed by atoms with Gasteiger partial charge in [0.25, 0.3) is 5.56 Å². The van der Waals surface area contributed by atoms with Crippen LogP contribution in [0.25, 0.3) is 5.69 Å². The number of carbonyl (C=O) groups is 1. The lowest BCUT2D eigenvalue weighted by atomic mass is 9.93. The van der Waals surface area contributed by atoms with Gasteiger partial charge in [-0.05, 0) is 26.0 Å². The third kappa shape index (κ3) is 3.28. The van der Waals surface area contributed by atoms with Crippen LogP contribution in [0.5, 0.6) is 0 Å². The maximum atomic E-state index is 12.3. The Morgan fingerprint density at radius 3 is 2.59 bits per heavy atom. The van der Waals surface area contributed by atoms with Crippen LogP contribution < -0.4 is 16.6 Å². The standard InChI is InChI=1S/C15H17ClN4O2/c1-15(2,14(17)22)9-18-11-8-19-20(13(21)12(11)16)10-6-4-3-5-7-10/h3-8,18H,9H2,1-2H3,(H2,17,22). The summed E-state index contributed by atoms with van der Waals surface area (Å²) in [6.07, 6.45) is 1.45. The molecule has 22 heavy (non-hydrogen) atoms. The summed E-state index contributed by atoms with van der Waals surface area (Å²) in [5.41, 5.74) is 5.10. The van der Waals surface area contributed by atoms with Crippen LogP contribution in [-0.4, -0.2) is 22.2 Å². The zero-order chi connectivity index (χ0) is 16.3. The fraction of sp³-hybridized carbons (Fsp3) is 0.267. The van der Waals surface area contributed by atoms with E-state index >= 15 is 0 Å². The third-order valence-electron chi connectivity index (χ3n) is 3.31. The second-order valence-corrected chi connectivity index (χ2v) is 5.90. The number of hydrogen-bond donors (Lipinski definition) is 2. The van der Waals surface area contributed by atoms with Gasteiger partial charge in [-0.1, -0.05) is 29.8 Å². The summed E-state index contributed by atoms with van der Waals surface area (Å²) in [6.45, 7) is 3.66. The van der Waals surface area contributed by atoms with Crippen molar-refractivity contribution in [3.05, 3.63) is 51.9 Å². The molecule has 7 heteroatoms. The topological polar surface area (TPSA) is 90.0 Å². The summed E-state index contributed by atoms with van der Waals surface area (Å²) in [4.78, 5) is 23.6. The van der Waals surface area contributed by atoms with Gasteiger partial charge in [0.1, 0.15) is 5.02 Å². The minimum absolute atomic E-state index is 0.0131. The Kier molecular flexibility index (Phi) is 4.51. The van der Waals surface area contributed by atoms with Crippen LogP contribution in [0.2, 0.25) is 5.02 Å². The van der Waals surface area contributed by atoms with Gasteiger partial charge >= 0.3 is 0 Å². The fourth-order valence-corrected chi connectivity index (χ4v) is 1.91. The molecule has 0 aliphatic carbocycles. The fourth-order valence-electron chi connectivity index (χ4n) is 1.71. The minimum Gasteiger partial charge on any atom is -0.381 e. The quantitative estimate of drug-likeness (QED) is 0.879. The number of anilines is 1. The largest absolute Gasteiger partial charge is 0.381 e. The van der Waals surface area contributed by atoms with Crippen LogP contribution in [-0.2, 0) is 4.79 Å². The summed E-state index contributed by atoms with van der Waals surface area (Å²) < 4.78 is 1.22. The molecule has 1 aromatic heterocycles. The van der Waals surface area contributed by atoms with Crippen molar-refractivity contribution in [1.82, 2.24) is 9.78 Å². The summed E-state index contributed by atoms with van der Waals surface area (Å²) >= 11 is 6.10. The number of amides is 1. The Balaban J connectivity index is 2.29. The molecule has 2 aromatic rings. The highest BCUT2D eigenvalue weighted by molar-refractivity contribution is 6.32. The normalized spacial score (nSPS) is 11.2. The highest BCUT2D eigenvalue weighted by Crippen LogP contribution is 2.20. The predicted molar refractivity (Wildman–Crippen MR) is 86.3 cm³/mol. The summed E-state index contributed by atoms with van der Waals surface area (Å²) in [7, 11) is 0. The van der Waals surface area contributed by atoms with Crippen LogP contribution in [0.3, 0.4) is 0 Å². The molecule has 0 radical (unpaired) electrons. The summed E-state index contributed by atoms with van der Waals surface area (Å²) in [5, 5.41) is 7.05. The Hall–Kier alpha value is -2.34. The Morgan fingerprint density at radius 2 is 2.00 bits per heavy atom. The number of nitrogens with two attached hydrogens (primary N) is 1. The number of rotatable bonds is 5. The van der Waals surface area contributed by atoms with E-state index in [0.717, 1.165) is 0 Å². The molecule has 0 unspecified atom stereocenters. The van der Waals surface area contributed by atoms with Crippen LogP contribution in [0.4, 0.5) is 5.69 Å². The average Bonchev–Trinajstić information content (AvgIpc) is 2.49. The molecule has 1 heterocycles. The molecule has 0 aliphatic rings. The molecule has 0 spiro atoms. The maximum Gasteiger partial charge on any atom is 0.292 e. The summed E-state index contributed by atoms with van der Waals surface area (Å²) in [6, 6.07) is 8.97. The third-order valence-corrected chi connectivity index (χ3v) is 3.67.